The molecule has 0 heterocycles. The normalized spacial score (nSPS) is 17.8. The van der Waals surface area contributed by atoms with Crippen LogP contribution in [0.1, 0.15) is 77.1 Å². The van der Waals surface area contributed by atoms with Gasteiger partial charge in [-0.3, -0.25) is 9.59 Å². The molecule has 2 N–H and O–H groups in total. The molecule has 4 atom stereocenters. The number of alkyl carbamates (subject to hydrolysis) is 1. The number of fused-ring (bicyclic) bond motifs is 1. The van der Waals surface area contributed by atoms with Gasteiger partial charge in [-0.1, -0.05) is 74.9 Å². The summed E-state index contributed by atoms with van der Waals surface area (Å²) in [5, 5.41) is 8.04. The van der Waals surface area contributed by atoms with Crippen LogP contribution in [-0.4, -0.2) is 40.5 Å². The molecule has 0 aliphatic heterocycles. The van der Waals surface area contributed by atoms with Crippen LogP contribution in [0.2, 0.25) is 0 Å². The third kappa shape index (κ3) is 7.69. The number of nitrogens with zero attached hydrogens (tertiary/aromatic N) is 1. The van der Waals surface area contributed by atoms with Gasteiger partial charge >= 0.3 is 6.09 Å². The van der Waals surface area contributed by atoms with Crippen molar-refractivity contribution in [2.24, 2.45) is 11.8 Å². The van der Waals surface area contributed by atoms with Crippen molar-refractivity contribution < 1.29 is 19.1 Å². The van der Waals surface area contributed by atoms with E-state index in [0.29, 0.717) is 12.1 Å². The van der Waals surface area contributed by atoms with Crippen molar-refractivity contribution in [2.45, 2.75) is 92.0 Å². The maximum absolute atomic E-state index is 14.5. The molecule has 7 heteroatoms. The van der Waals surface area contributed by atoms with E-state index in [-0.39, 0.29) is 29.7 Å². The first kappa shape index (κ1) is 31.1. The Balaban J connectivity index is 1.75. The third-order valence-electron chi connectivity index (χ3n) is 7.64. The van der Waals surface area contributed by atoms with E-state index >= 15 is 0 Å². The average Bonchev–Trinajstić information content (AvgIpc) is 3.61. The summed E-state index contributed by atoms with van der Waals surface area (Å²) >= 11 is 0. The number of amides is 3. The highest BCUT2D eigenvalue weighted by atomic mass is 16.6. The minimum atomic E-state index is -0.880. The van der Waals surface area contributed by atoms with Gasteiger partial charge in [0, 0.05) is 11.7 Å². The third-order valence-corrected chi connectivity index (χ3v) is 7.64. The van der Waals surface area contributed by atoms with E-state index in [1.165, 1.54) is 0 Å². The lowest BCUT2D eigenvalue weighted by Crippen LogP contribution is -2.53. The van der Waals surface area contributed by atoms with Gasteiger partial charge in [-0.2, -0.15) is 0 Å². The zero-order valence-electron chi connectivity index (χ0n) is 26.2. The van der Waals surface area contributed by atoms with Crippen LogP contribution in [0, 0.1) is 25.7 Å². The molecule has 0 spiro atoms. The fourth-order valence-electron chi connectivity index (χ4n) is 5.52. The van der Waals surface area contributed by atoms with Crippen LogP contribution >= 0.6 is 0 Å². The molecule has 1 saturated carbocycles. The molecule has 0 bridgehead atoms. The second-order valence-electron chi connectivity index (χ2n) is 13.2. The number of hydrogen-bond donors (Lipinski definition) is 2. The van der Waals surface area contributed by atoms with E-state index in [1.54, 1.807) is 25.7 Å². The second-order valence-corrected chi connectivity index (χ2v) is 13.2. The summed E-state index contributed by atoms with van der Waals surface area (Å²) in [5.74, 6) is -0.206. The average molecular weight is 572 g/mol. The van der Waals surface area contributed by atoms with Crippen molar-refractivity contribution >= 4 is 34.4 Å². The van der Waals surface area contributed by atoms with Crippen molar-refractivity contribution in [3.05, 3.63) is 77.4 Å². The lowest BCUT2D eigenvalue weighted by Gasteiger charge is -2.36. The van der Waals surface area contributed by atoms with Crippen molar-refractivity contribution in [2.75, 3.05) is 5.32 Å². The van der Waals surface area contributed by atoms with Gasteiger partial charge in [0.15, 0.2) is 0 Å². The van der Waals surface area contributed by atoms with Gasteiger partial charge in [-0.25, -0.2) is 4.79 Å². The molecule has 1 fully saturated rings. The van der Waals surface area contributed by atoms with E-state index < -0.39 is 23.8 Å². The van der Waals surface area contributed by atoms with Crippen LogP contribution in [0.4, 0.5) is 10.5 Å². The van der Waals surface area contributed by atoms with E-state index in [4.69, 9.17) is 4.74 Å². The van der Waals surface area contributed by atoms with E-state index in [9.17, 15) is 14.4 Å². The molecule has 7 nitrogen and oxygen atoms in total. The van der Waals surface area contributed by atoms with Gasteiger partial charge in [0.1, 0.15) is 17.7 Å². The van der Waals surface area contributed by atoms with Gasteiger partial charge in [0.25, 0.3) is 5.91 Å². The molecule has 3 aromatic carbocycles. The highest BCUT2D eigenvalue weighted by Gasteiger charge is 2.48. The Morgan fingerprint density at radius 1 is 0.976 bits per heavy atom. The summed E-state index contributed by atoms with van der Waals surface area (Å²) in [6, 6.07) is 17.9. The lowest BCUT2D eigenvalue weighted by molar-refractivity contribution is -0.142. The van der Waals surface area contributed by atoms with Crippen LogP contribution in [-0.2, 0) is 14.3 Å². The Hall–Kier alpha value is -3.87. The first-order valence-corrected chi connectivity index (χ1v) is 14.9. The zero-order valence-corrected chi connectivity index (χ0v) is 26.2. The standard InChI is InChI=1S/C35H45N3O4/c1-21(2)17-29(37-34(41)42-35(6,7)8)33(40)38(30-19-24(30)5)31(28-16-13-22(3)18-23(28)4)32(39)36-27-15-14-25-11-9-10-12-26(25)20-27/h9-16,18,20-21,24,29-31H,17,19H2,1-8H3,(H,36,39)(H,37,41). The highest BCUT2D eigenvalue weighted by molar-refractivity contribution is 6.00. The number of benzene rings is 3. The quantitative estimate of drug-likeness (QED) is 0.282. The summed E-state index contributed by atoms with van der Waals surface area (Å²) in [6.45, 7) is 15.5. The van der Waals surface area contributed by atoms with E-state index in [1.807, 2.05) is 88.4 Å². The summed E-state index contributed by atoms with van der Waals surface area (Å²) in [7, 11) is 0. The molecule has 42 heavy (non-hydrogen) atoms. The number of anilines is 1. The van der Waals surface area contributed by atoms with Gasteiger partial charge in [0.2, 0.25) is 5.91 Å². The second kappa shape index (κ2) is 12.6. The number of aryl methyl sites for hydroxylation is 2. The number of hydrogen-bond acceptors (Lipinski definition) is 4. The summed E-state index contributed by atoms with van der Waals surface area (Å²) in [5.41, 5.74) is 2.73. The number of carbonyl (C=O) groups excluding carboxylic acids is 3. The van der Waals surface area contributed by atoms with Crippen molar-refractivity contribution in [1.29, 1.82) is 0 Å². The van der Waals surface area contributed by atoms with Crippen LogP contribution in [0.5, 0.6) is 0 Å². The molecular formula is C35H45N3O4. The van der Waals surface area contributed by atoms with Crippen LogP contribution in [0.3, 0.4) is 0 Å². The summed E-state index contributed by atoms with van der Waals surface area (Å²) in [6.07, 6.45) is 0.563. The molecule has 224 valence electrons. The van der Waals surface area contributed by atoms with Crippen molar-refractivity contribution in [1.82, 2.24) is 10.2 Å². The zero-order chi connectivity index (χ0) is 30.8. The molecular weight excluding hydrogens is 526 g/mol. The maximum Gasteiger partial charge on any atom is 0.408 e. The smallest absolute Gasteiger partial charge is 0.408 e. The lowest BCUT2D eigenvalue weighted by atomic mass is 9.95. The van der Waals surface area contributed by atoms with Crippen LogP contribution < -0.4 is 10.6 Å². The molecule has 0 aromatic heterocycles. The van der Waals surface area contributed by atoms with Crippen LogP contribution in [0.25, 0.3) is 10.8 Å². The minimum Gasteiger partial charge on any atom is -0.444 e. The number of rotatable bonds is 9. The fourth-order valence-corrected chi connectivity index (χ4v) is 5.52. The van der Waals surface area contributed by atoms with Gasteiger partial charge < -0.3 is 20.3 Å². The number of nitrogens with one attached hydrogen (secondary N) is 2. The first-order valence-electron chi connectivity index (χ1n) is 14.9. The van der Waals surface area contributed by atoms with Gasteiger partial charge in [0.05, 0.1) is 0 Å². The Bertz CT molecular complexity index is 1460. The predicted molar refractivity (Wildman–Crippen MR) is 168 cm³/mol. The topological polar surface area (TPSA) is 87.7 Å². The summed E-state index contributed by atoms with van der Waals surface area (Å²) < 4.78 is 5.52. The summed E-state index contributed by atoms with van der Waals surface area (Å²) in [4.78, 5) is 43.4. The van der Waals surface area contributed by atoms with Gasteiger partial charge in [-0.15, -0.1) is 0 Å². The number of carbonyl (C=O) groups is 3. The fraction of sp³-hybridized carbons (Fsp3) is 0.457. The predicted octanol–water partition coefficient (Wildman–Crippen LogP) is 7.31. The Morgan fingerprint density at radius 2 is 1.64 bits per heavy atom. The Kier molecular flexibility index (Phi) is 9.29. The monoisotopic (exact) mass is 571 g/mol. The first-order chi connectivity index (χ1) is 19.7. The Morgan fingerprint density at radius 3 is 2.24 bits per heavy atom. The molecule has 4 unspecified atom stereocenters. The molecule has 1 aliphatic carbocycles. The SMILES string of the molecule is Cc1ccc(C(C(=O)Nc2ccc3ccccc3c2)N(C(=O)C(CC(C)C)NC(=O)OC(C)(C)C)C2CC2C)c(C)c1. The molecule has 3 aromatic rings. The van der Waals surface area contributed by atoms with Gasteiger partial charge in [-0.05, 0) is 93.3 Å². The van der Waals surface area contributed by atoms with Crippen molar-refractivity contribution in [3.8, 4) is 0 Å². The molecule has 3 amide bonds. The van der Waals surface area contributed by atoms with E-state index in [0.717, 1.165) is 33.9 Å². The molecule has 0 saturated heterocycles. The van der Waals surface area contributed by atoms with Crippen LogP contribution in [0.15, 0.2) is 60.7 Å². The highest BCUT2D eigenvalue weighted by Crippen LogP contribution is 2.42. The van der Waals surface area contributed by atoms with Crippen molar-refractivity contribution in [3.63, 3.8) is 0 Å². The maximum atomic E-state index is 14.5. The minimum absolute atomic E-state index is 0.123. The largest absolute Gasteiger partial charge is 0.444 e. The molecule has 1 aliphatic rings. The Labute approximate surface area is 250 Å². The molecule has 0 radical (unpaired) electrons. The molecule has 4 rings (SSSR count). The number of ether oxygens (including phenoxy) is 1. The van der Waals surface area contributed by atoms with E-state index in [2.05, 4.69) is 17.6 Å².